The predicted octanol–water partition coefficient (Wildman–Crippen LogP) is 5.02. The van der Waals surface area contributed by atoms with Gasteiger partial charge >= 0.3 is 0 Å². The Kier molecular flexibility index (Phi) is 11.4. The lowest BCUT2D eigenvalue weighted by Crippen LogP contribution is -2.64. The summed E-state index contributed by atoms with van der Waals surface area (Å²) in [6, 6.07) is 0. The molecule has 0 aromatic heterocycles. The molecule has 0 fully saturated rings. The lowest BCUT2D eigenvalue weighted by molar-refractivity contribution is 0.182. The lowest BCUT2D eigenvalue weighted by Gasteiger charge is -2.43. The summed E-state index contributed by atoms with van der Waals surface area (Å²) in [7, 11) is 0. The smallest absolute Gasteiger partial charge is 0.223 e. The molecule has 3 N–H and O–H groups in total. The van der Waals surface area contributed by atoms with Gasteiger partial charge in [0.2, 0.25) is 11.9 Å². The third-order valence-corrected chi connectivity index (χ3v) is 5.10. The van der Waals surface area contributed by atoms with Crippen LogP contribution in [0.1, 0.15) is 105 Å². The van der Waals surface area contributed by atoms with Crippen LogP contribution in [0.4, 0.5) is 0 Å². The van der Waals surface area contributed by atoms with E-state index in [4.69, 9.17) is 5.73 Å². The molecule has 0 saturated carbocycles. The number of nitrogens with one attached hydrogen (secondary N) is 1. The van der Waals surface area contributed by atoms with E-state index in [2.05, 4.69) is 47.9 Å². The van der Waals surface area contributed by atoms with Gasteiger partial charge in [0.05, 0.1) is 0 Å². The first-order chi connectivity index (χ1) is 12.5. The molecule has 0 aromatic carbocycles. The van der Waals surface area contributed by atoms with Gasteiger partial charge in [-0.3, -0.25) is 4.99 Å². The molecule has 1 heterocycles. The van der Waals surface area contributed by atoms with Gasteiger partial charge in [-0.1, -0.05) is 78.1 Å². The Morgan fingerprint density at radius 2 is 1.42 bits per heavy atom. The van der Waals surface area contributed by atoms with E-state index in [9.17, 15) is 0 Å². The normalized spacial score (nSPS) is 18.1. The monoisotopic (exact) mass is 365 g/mol. The van der Waals surface area contributed by atoms with Crippen molar-refractivity contribution in [3.63, 3.8) is 0 Å². The minimum Gasteiger partial charge on any atom is -0.369 e. The van der Waals surface area contributed by atoms with Gasteiger partial charge < -0.3 is 16.0 Å². The molecule has 5 heteroatoms. The van der Waals surface area contributed by atoms with Gasteiger partial charge in [0.15, 0.2) is 0 Å². The van der Waals surface area contributed by atoms with Crippen molar-refractivity contribution in [2.24, 2.45) is 15.7 Å². The maximum atomic E-state index is 6.25. The minimum atomic E-state index is -0.227. The molecular formula is C21H43N5. The van der Waals surface area contributed by atoms with Crippen molar-refractivity contribution in [3.05, 3.63) is 0 Å². The Morgan fingerprint density at radius 1 is 0.885 bits per heavy atom. The third-order valence-electron chi connectivity index (χ3n) is 5.10. The van der Waals surface area contributed by atoms with Crippen molar-refractivity contribution in [1.29, 1.82) is 0 Å². The minimum absolute atomic E-state index is 0.227. The molecule has 0 amide bonds. The molecule has 0 bridgehead atoms. The molecule has 0 atom stereocenters. The van der Waals surface area contributed by atoms with Gasteiger partial charge in [-0.25, -0.2) is 0 Å². The van der Waals surface area contributed by atoms with Crippen LogP contribution in [0, 0.1) is 0 Å². The fourth-order valence-corrected chi connectivity index (χ4v) is 3.42. The molecule has 26 heavy (non-hydrogen) atoms. The van der Waals surface area contributed by atoms with E-state index in [0.29, 0.717) is 11.9 Å². The van der Waals surface area contributed by atoms with Crippen molar-refractivity contribution in [2.45, 2.75) is 110 Å². The van der Waals surface area contributed by atoms with E-state index >= 15 is 0 Å². The second kappa shape index (κ2) is 13.0. The number of nitrogens with two attached hydrogens (primary N) is 1. The maximum absolute atomic E-state index is 6.25. The van der Waals surface area contributed by atoms with Crippen molar-refractivity contribution in [1.82, 2.24) is 10.2 Å². The first kappa shape index (κ1) is 22.8. The van der Waals surface area contributed by atoms with E-state index in [-0.39, 0.29) is 5.66 Å². The van der Waals surface area contributed by atoms with Crippen LogP contribution in [0.2, 0.25) is 0 Å². The van der Waals surface area contributed by atoms with Gasteiger partial charge in [-0.15, -0.1) is 0 Å². The Morgan fingerprint density at radius 3 is 2.00 bits per heavy atom. The second-order valence-corrected chi connectivity index (χ2v) is 8.05. The first-order valence-corrected chi connectivity index (χ1v) is 11.0. The van der Waals surface area contributed by atoms with Crippen molar-refractivity contribution >= 4 is 11.9 Å². The Bertz CT molecular complexity index is 428. The molecule has 1 rings (SSSR count). The fourth-order valence-electron chi connectivity index (χ4n) is 3.42. The second-order valence-electron chi connectivity index (χ2n) is 8.05. The topological polar surface area (TPSA) is 66.0 Å². The average Bonchev–Trinajstić information content (AvgIpc) is 2.58. The molecular weight excluding hydrogens is 322 g/mol. The quantitative estimate of drug-likeness (QED) is 0.425. The van der Waals surface area contributed by atoms with Crippen molar-refractivity contribution in [3.8, 4) is 0 Å². The molecule has 0 aromatic rings. The van der Waals surface area contributed by atoms with Gasteiger partial charge in [0.25, 0.3) is 0 Å². The molecule has 0 unspecified atom stereocenters. The zero-order chi connectivity index (χ0) is 19.3. The maximum Gasteiger partial charge on any atom is 0.223 e. The number of rotatable bonds is 14. The summed E-state index contributed by atoms with van der Waals surface area (Å²) in [5.74, 6) is 1.30. The number of hydrogen-bond donors (Lipinski definition) is 2. The SMILES string of the molecule is CCCCCCCCN=C1N=C(N)N(CCCCCCCC)C(C)(C)N1. The van der Waals surface area contributed by atoms with Crippen LogP contribution in [0.25, 0.3) is 0 Å². The zero-order valence-electron chi connectivity index (χ0n) is 17.8. The molecule has 0 spiro atoms. The highest BCUT2D eigenvalue weighted by Gasteiger charge is 2.32. The largest absolute Gasteiger partial charge is 0.369 e. The number of unbranched alkanes of at least 4 members (excludes halogenated alkanes) is 10. The summed E-state index contributed by atoms with van der Waals surface area (Å²) >= 11 is 0. The molecule has 152 valence electrons. The molecule has 0 aliphatic carbocycles. The summed E-state index contributed by atoms with van der Waals surface area (Å²) < 4.78 is 0. The highest BCUT2D eigenvalue weighted by atomic mass is 15.4. The standard InChI is InChI=1S/C21H43N5/c1-5-7-9-11-13-15-17-23-20-24-19(22)26(21(3,4)25-20)18-16-14-12-10-8-6-2/h5-18H2,1-4H3,(H3,22,23,24,25). The Hall–Kier alpha value is -1.26. The van der Waals surface area contributed by atoms with Gasteiger partial charge in [-0.2, -0.15) is 4.99 Å². The Labute approximate surface area is 161 Å². The van der Waals surface area contributed by atoms with E-state index in [0.717, 1.165) is 25.9 Å². The summed E-state index contributed by atoms with van der Waals surface area (Å²) in [5.41, 5.74) is 6.02. The summed E-state index contributed by atoms with van der Waals surface area (Å²) in [6.45, 7) is 10.6. The summed E-state index contributed by atoms with van der Waals surface area (Å²) in [5, 5.41) is 3.45. The molecule has 1 aliphatic heterocycles. The number of aliphatic imine (C=N–C) groups is 2. The molecule has 5 nitrogen and oxygen atoms in total. The molecule has 1 aliphatic rings. The van der Waals surface area contributed by atoms with Crippen LogP contribution < -0.4 is 11.1 Å². The fraction of sp³-hybridized carbons (Fsp3) is 0.905. The highest BCUT2D eigenvalue weighted by molar-refractivity contribution is 5.97. The van der Waals surface area contributed by atoms with Crippen LogP contribution in [-0.2, 0) is 0 Å². The van der Waals surface area contributed by atoms with E-state index in [1.54, 1.807) is 0 Å². The number of hydrogen-bond acceptors (Lipinski definition) is 3. The predicted molar refractivity (Wildman–Crippen MR) is 115 cm³/mol. The van der Waals surface area contributed by atoms with Gasteiger partial charge in [0, 0.05) is 13.1 Å². The Balaban J connectivity index is 2.38. The van der Waals surface area contributed by atoms with Crippen LogP contribution in [-0.4, -0.2) is 35.6 Å². The van der Waals surface area contributed by atoms with Crippen LogP contribution >= 0.6 is 0 Å². The first-order valence-electron chi connectivity index (χ1n) is 11.0. The van der Waals surface area contributed by atoms with Crippen molar-refractivity contribution in [2.75, 3.05) is 13.1 Å². The van der Waals surface area contributed by atoms with Gasteiger partial charge in [0.1, 0.15) is 5.66 Å². The van der Waals surface area contributed by atoms with E-state index < -0.39 is 0 Å². The van der Waals surface area contributed by atoms with E-state index in [1.807, 2.05) is 0 Å². The van der Waals surface area contributed by atoms with Crippen LogP contribution in [0.15, 0.2) is 9.98 Å². The van der Waals surface area contributed by atoms with Gasteiger partial charge in [-0.05, 0) is 26.7 Å². The zero-order valence-corrected chi connectivity index (χ0v) is 17.8. The highest BCUT2D eigenvalue weighted by Crippen LogP contribution is 2.17. The van der Waals surface area contributed by atoms with Crippen molar-refractivity contribution < 1.29 is 0 Å². The summed E-state index contributed by atoms with van der Waals surface area (Å²) in [4.78, 5) is 11.3. The number of nitrogens with zero attached hydrogens (tertiary/aromatic N) is 3. The van der Waals surface area contributed by atoms with E-state index in [1.165, 1.54) is 64.2 Å². The molecule has 0 saturated heterocycles. The lowest BCUT2D eigenvalue weighted by atomic mass is 10.1. The molecule has 0 radical (unpaired) electrons. The number of guanidine groups is 2. The average molecular weight is 366 g/mol. The third kappa shape index (κ3) is 8.91. The summed E-state index contributed by atoms with van der Waals surface area (Å²) in [6.07, 6.45) is 15.4. The van der Waals surface area contributed by atoms with Crippen LogP contribution in [0.3, 0.4) is 0 Å². The van der Waals surface area contributed by atoms with Crippen LogP contribution in [0.5, 0.6) is 0 Å².